The second-order valence-corrected chi connectivity index (χ2v) is 6.13. The molecule has 2 rings (SSSR count). The van der Waals surface area contributed by atoms with E-state index in [9.17, 15) is 4.39 Å². The van der Waals surface area contributed by atoms with E-state index in [1.54, 1.807) is 13.8 Å². The van der Waals surface area contributed by atoms with Gasteiger partial charge in [0.15, 0.2) is 0 Å². The minimum atomic E-state index is -0.130. The third-order valence-corrected chi connectivity index (χ3v) is 3.48. The fraction of sp³-hybridized carbons (Fsp3) is 0.471. The highest BCUT2D eigenvalue weighted by atomic mass is 19.1. The maximum atomic E-state index is 13.8. The van der Waals surface area contributed by atoms with Crippen molar-refractivity contribution >= 4 is 0 Å². The molecule has 1 heterocycles. The van der Waals surface area contributed by atoms with Crippen LogP contribution in [0.15, 0.2) is 18.3 Å². The summed E-state index contributed by atoms with van der Waals surface area (Å²) < 4.78 is 15.6. The molecule has 3 nitrogen and oxygen atoms in total. The Bertz CT molecular complexity index is 606. The van der Waals surface area contributed by atoms with Crippen LogP contribution in [0.4, 0.5) is 4.39 Å². The lowest BCUT2D eigenvalue weighted by atomic mass is 10.0. The van der Waals surface area contributed by atoms with Gasteiger partial charge in [0.05, 0.1) is 5.69 Å². The summed E-state index contributed by atoms with van der Waals surface area (Å²) >= 11 is 0. The summed E-state index contributed by atoms with van der Waals surface area (Å²) in [7, 11) is 1.92. The minimum absolute atomic E-state index is 0.130. The second kappa shape index (κ2) is 6.39. The fourth-order valence-electron chi connectivity index (χ4n) is 2.49. The molecule has 0 bridgehead atoms. The van der Waals surface area contributed by atoms with Crippen LogP contribution in [0.25, 0.3) is 11.3 Å². The molecule has 0 fully saturated rings. The molecular weight excluding hydrogens is 265 g/mol. The Balaban J connectivity index is 2.31. The van der Waals surface area contributed by atoms with E-state index >= 15 is 0 Å². The molecule has 0 radical (unpaired) electrons. The largest absolute Gasteiger partial charge is 0.312 e. The summed E-state index contributed by atoms with van der Waals surface area (Å²) in [6, 6.07) is 3.74. The van der Waals surface area contributed by atoms with E-state index in [1.165, 1.54) is 0 Å². The van der Waals surface area contributed by atoms with Crippen molar-refractivity contribution in [1.29, 1.82) is 0 Å². The van der Waals surface area contributed by atoms with Crippen molar-refractivity contribution < 1.29 is 4.39 Å². The van der Waals surface area contributed by atoms with Crippen LogP contribution in [-0.2, 0) is 13.6 Å². The van der Waals surface area contributed by atoms with Gasteiger partial charge in [-0.3, -0.25) is 4.68 Å². The van der Waals surface area contributed by atoms with E-state index in [0.717, 1.165) is 29.9 Å². The average Bonchev–Trinajstić information content (AvgIpc) is 2.76. The Hall–Kier alpha value is -1.68. The van der Waals surface area contributed by atoms with E-state index < -0.39 is 0 Å². The highest BCUT2D eigenvalue weighted by Crippen LogP contribution is 2.26. The van der Waals surface area contributed by atoms with Gasteiger partial charge in [0, 0.05) is 30.9 Å². The zero-order chi connectivity index (χ0) is 15.6. The number of aromatic nitrogens is 2. The lowest BCUT2D eigenvalue weighted by molar-refractivity contribution is 0.552. The van der Waals surface area contributed by atoms with E-state index in [0.29, 0.717) is 17.0 Å². The maximum absolute atomic E-state index is 13.8. The summed E-state index contributed by atoms with van der Waals surface area (Å²) in [6.45, 7) is 9.71. The molecule has 1 aromatic carbocycles. The SMILES string of the molecule is Cc1cc(-c2nn(C)cc2CNCC(C)C)cc(C)c1F. The van der Waals surface area contributed by atoms with Crippen LogP contribution in [0.1, 0.15) is 30.5 Å². The second-order valence-electron chi connectivity index (χ2n) is 6.13. The van der Waals surface area contributed by atoms with Crippen LogP contribution >= 0.6 is 0 Å². The van der Waals surface area contributed by atoms with Crippen molar-refractivity contribution in [2.45, 2.75) is 34.2 Å². The van der Waals surface area contributed by atoms with Gasteiger partial charge in [0.1, 0.15) is 5.82 Å². The standard InChI is InChI=1S/C17H24FN3/c1-11(2)8-19-9-15-10-21(5)20-17(15)14-6-12(3)16(18)13(4)7-14/h6-7,10-11,19H,8-9H2,1-5H3. The first-order chi connectivity index (χ1) is 9.88. The Morgan fingerprint density at radius 3 is 2.43 bits per heavy atom. The van der Waals surface area contributed by atoms with Gasteiger partial charge in [0.2, 0.25) is 0 Å². The van der Waals surface area contributed by atoms with Crippen LogP contribution in [0.2, 0.25) is 0 Å². The van der Waals surface area contributed by atoms with Crippen LogP contribution < -0.4 is 5.32 Å². The molecule has 114 valence electrons. The van der Waals surface area contributed by atoms with Gasteiger partial charge in [-0.15, -0.1) is 0 Å². The first kappa shape index (κ1) is 15.7. The lowest BCUT2D eigenvalue weighted by Gasteiger charge is -2.09. The van der Waals surface area contributed by atoms with Gasteiger partial charge in [-0.25, -0.2) is 4.39 Å². The molecule has 0 atom stereocenters. The fourth-order valence-corrected chi connectivity index (χ4v) is 2.49. The Labute approximate surface area is 126 Å². The zero-order valence-corrected chi connectivity index (χ0v) is 13.5. The minimum Gasteiger partial charge on any atom is -0.312 e. The number of nitrogens with one attached hydrogen (secondary N) is 1. The van der Waals surface area contributed by atoms with Gasteiger partial charge < -0.3 is 5.32 Å². The van der Waals surface area contributed by atoms with Crippen LogP contribution in [0.5, 0.6) is 0 Å². The number of hydrogen-bond acceptors (Lipinski definition) is 2. The molecule has 0 aliphatic carbocycles. The van der Waals surface area contributed by atoms with Gasteiger partial charge in [-0.05, 0) is 49.6 Å². The monoisotopic (exact) mass is 289 g/mol. The lowest BCUT2D eigenvalue weighted by Crippen LogP contribution is -2.19. The Kier molecular flexibility index (Phi) is 4.78. The molecule has 0 saturated heterocycles. The van der Waals surface area contributed by atoms with Crippen molar-refractivity contribution in [3.05, 3.63) is 40.8 Å². The average molecular weight is 289 g/mol. The number of benzene rings is 1. The van der Waals surface area contributed by atoms with E-state index in [-0.39, 0.29) is 5.82 Å². The van der Waals surface area contributed by atoms with Gasteiger partial charge in [0.25, 0.3) is 0 Å². The van der Waals surface area contributed by atoms with Crippen molar-refractivity contribution in [1.82, 2.24) is 15.1 Å². The van der Waals surface area contributed by atoms with Crippen molar-refractivity contribution in [3.63, 3.8) is 0 Å². The first-order valence-electron chi connectivity index (χ1n) is 7.38. The quantitative estimate of drug-likeness (QED) is 0.911. The summed E-state index contributed by atoms with van der Waals surface area (Å²) in [5, 5.41) is 7.98. The van der Waals surface area contributed by atoms with Crippen LogP contribution in [0.3, 0.4) is 0 Å². The topological polar surface area (TPSA) is 29.9 Å². The van der Waals surface area contributed by atoms with E-state index in [4.69, 9.17) is 0 Å². The van der Waals surface area contributed by atoms with Crippen molar-refractivity contribution in [3.8, 4) is 11.3 Å². The number of aryl methyl sites for hydroxylation is 3. The van der Waals surface area contributed by atoms with Gasteiger partial charge in [-0.2, -0.15) is 5.10 Å². The van der Waals surface area contributed by atoms with Gasteiger partial charge >= 0.3 is 0 Å². The van der Waals surface area contributed by atoms with Crippen molar-refractivity contribution in [2.24, 2.45) is 13.0 Å². The zero-order valence-electron chi connectivity index (χ0n) is 13.5. The smallest absolute Gasteiger partial charge is 0.129 e. The molecule has 1 aromatic heterocycles. The molecule has 0 unspecified atom stereocenters. The summed E-state index contributed by atoms with van der Waals surface area (Å²) in [6.07, 6.45) is 2.02. The van der Waals surface area contributed by atoms with Crippen molar-refractivity contribution in [2.75, 3.05) is 6.54 Å². The predicted molar refractivity (Wildman–Crippen MR) is 84.6 cm³/mol. The first-order valence-corrected chi connectivity index (χ1v) is 7.38. The Morgan fingerprint density at radius 2 is 1.86 bits per heavy atom. The Morgan fingerprint density at radius 1 is 1.24 bits per heavy atom. The van der Waals surface area contributed by atoms with E-state index in [2.05, 4.69) is 24.3 Å². The molecule has 0 aliphatic rings. The third kappa shape index (κ3) is 3.70. The molecule has 21 heavy (non-hydrogen) atoms. The summed E-state index contributed by atoms with van der Waals surface area (Å²) in [5.41, 5.74) is 4.38. The highest BCUT2D eigenvalue weighted by molar-refractivity contribution is 5.64. The van der Waals surface area contributed by atoms with E-state index in [1.807, 2.05) is 30.1 Å². The van der Waals surface area contributed by atoms with Crippen LogP contribution in [0, 0.1) is 25.6 Å². The molecule has 4 heteroatoms. The molecule has 0 amide bonds. The molecule has 2 aromatic rings. The number of rotatable bonds is 5. The summed E-state index contributed by atoms with van der Waals surface area (Å²) in [5.74, 6) is 0.481. The highest BCUT2D eigenvalue weighted by Gasteiger charge is 2.13. The normalized spacial score (nSPS) is 11.4. The molecule has 0 spiro atoms. The molecule has 0 saturated carbocycles. The van der Waals surface area contributed by atoms with Crippen LogP contribution in [-0.4, -0.2) is 16.3 Å². The number of hydrogen-bond donors (Lipinski definition) is 1. The molecular formula is C17H24FN3. The van der Waals surface area contributed by atoms with Gasteiger partial charge in [-0.1, -0.05) is 13.8 Å². The summed E-state index contributed by atoms with van der Waals surface area (Å²) in [4.78, 5) is 0. The molecule has 0 aliphatic heterocycles. The third-order valence-electron chi connectivity index (χ3n) is 3.48. The maximum Gasteiger partial charge on any atom is 0.129 e. The molecule has 1 N–H and O–H groups in total. The predicted octanol–water partition coefficient (Wildman–Crippen LogP) is 3.59. The number of halogens is 1. The number of nitrogens with zero attached hydrogens (tertiary/aromatic N) is 2.